The first kappa shape index (κ1) is 16.7. The Morgan fingerprint density at radius 1 is 1.47 bits per heavy atom. The van der Waals surface area contributed by atoms with Crippen LogP contribution in [0.3, 0.4) is 0 Å². The lowest BCUT2D eigenvalue weighted by molar-refractivity contribution is -0.0581. The van der Waals surface area contributed by atoms with Crippen LogP contribution in [0.2, 0.25) is 0 Å². The molecule has 1 rings (SSSR count). The van der Waals surface area contributed by atoms with Crippen molar-refractivity contribution in [1.82, 2.24) is 15.1 Å². The van der Waals surface area contributed by atoms with E-state index in [2.05, 4.69) is 47.1 Å². The standard InChI is InChI=1S/C14H26BrN3O/c1-6-9-16-13(14(4,7-2)19-8-3)12-11(15)10-17-18(12)5/h10,13,16H,6-9H2,1-5H3. The highest BCUT2D eigenvalue weighted by Crippen LogP contribution is 2.35. The van der Waals surface area contributed by atoms with Gasteiger partial charge in [-0.2, -0.15) is 5.10 Å². The zero-order chi connectivity index (χ0) is 14.5. The van der Waals surface area contributed by atoms with Crippen LogP contribution in [0.25, 0.3) is 0 Å². The number of aryl methyl sites for hydroxylation is 1. The fourth-order valence-corrected chi connectivity index (χ4v) is 2.93. The summed E-state index contributed by atoms with van der Waals surface area (Å²) in [6, 6.07) is 0.124. The van der Waals surface area contributed by atoms with Gasteiger partial charge in [-0.3, -0.25) is 4.68 Å². The average Bonchev–Trinajstić information content (AvgIpc) is 2.71. The van der Waals surface area contributed by atoms with Crippen LogP contribution in [-0.4, -0.2) is 28.5 Å². The van der Waals surface area contributed by atoms with Gasteiger partial charge < -0.3 is 10.1 Å². The fraction of sp³-hybridized carbons (Fsp3) is 0.786. The van der Waals surface area contributed by atoms with Crippen molar-refractivity contribution >= 4 is 15.9 Å². The maximum Gasteiger partial charge on any atom is 0.0861 e. The van der Waals surface area contributed by atoms with Crippen LogP contribution in [0.5, 0.6) is 0 Å². The van der Waals surface area contributed by atoms with Crippen molar-refractivity contribution in [3.63, 3.8) is 0 Å². The SMILES string of the molecule is CCCNC(c1c(Br)cnn1C)C(C)(CC)OCC. The lowest BCUT2D eigenvalue weighted by Gasteiger charge is -2.37. The Balaban J connectivity index is 3.13. The molecule has 0 bridgehead atoms. The number of halogens is 1. The molecule has 0 aliphatic rings. The Bertz CT molecular complexity index is 375. The Kier molecular flexibility index (Phi) is 6.50. The van der Waals surface area contributed by atoms with E-state index in [1.54, 1.807) is 0 Å². The summed E-state index contributed by atoms with van der Waals surface area (Å²) >= 11 is 3.60. The average molecular weight is 332 g/mol. The first-order valence-corrected chi connectivity index (χ1v) is 7.84. The third-order valence-corrected chi connectivity index (χ3v) is 4.21. The second kappa shape index (κ2) is 7.41. The van der Waals surface area contributed by atoms with E-state index in [1.807, 2.05) is 24.9 Å². The minimum absolute atomic E-state index is 0.124. The summed E-state index contributed by atoms with van der Waals surface area (Å²) in [5.74, 6) is 0. The Labute approximate surface area is 125 Å². The topological polar surface area (TPSA) is 39.1 Å². The van der Waals surface area contributed by atoms with Gasteiger partial charge in [-0.1, -0.05) is 13.8 Å². The van der Waals surface area contributed by atoms with Gasteiger partial charge in [-0.25, -0.2) is 0 Å². The van der Waals surface area contributed by atoms with Gasteiger partial charge in [0.25, 0.3) is 0 Å². The van der Waals surface area contributed by atoms with Crippen LogP contribution in [-0.2, 0) is 11.8 Å². The molecular formula is C14H26BrN3O. The molecule has 0 radical (unpaired) electrons. The molecule has 5 heteroatoms. The van der Waals surface area contributed by atoms with Gasteiger partial charge in [0.15, 0.2) is 0 Å². The monoisotopic (exact) mass is 331 g/mol. The highest BCUT2D eigenvalue weighted by molar-refractivity contribution is 9.10. The van der Waals surface area contributed by atoms with Crippen LogP contribution in [0, 0.1) is 0 Å². The van der Waals surface area contributed by atoms with Gasteiger partial charge in [-0.05, 0) is 49.2 Å². The zero-order valence-electron chi connectivity index (χ0n) is 12.7. The lowest BCUT2D eigenvalue weighted by Crippen LogP contribution is -2.45. The summed E-state index contributed by atoms with van der Waals surface area (Å²) in [4.78, 5) is 0. The smallest absolute Gasteiger partial charge is 0.0861 e. The molecule has 0 amide bonds. The highest BCUT2D eigenvalue weighted by Gasteiger charge is 2.37. The summed E-state index contributed by atoms with van der Waals surface area (Å²) in [6.07, 6.45) is 3.88. The molecule has 110 valence electrons. The van der Waals surface area contributed by atoms with E-state index in [1.165, 1.54) is 0 Å². The van der Waals surface area contributed by atoms with E-state index in [9.17, 15) is 0 Å². The fourth-order valence-electron chi connectivity index (χ4n) is 2.35. The second-order valence-electron chi connectivity index (χ2n) is 4.99. The number of hydrogen-bond donors (Lipinski definition) is 1. The van der Waals surface area contributed by atoms with Crippen LogP contribution in [0.15, 0.2) is 10.7 Å². The first-order chi connectivity index (χ1) is 9.00. The molecule has 19 heavy (non-hydrogen) atoms. The molecule has 0 spiro atoms. The number of nitrogens with zero attached hydrogens (tertiary/aromatic N) is 2. The van der Waals surface area contributed by atoms with Crippen molar-refractivity contribution in [2.75, 3.05) is 13.2 Å². The number of rotatable bonds is 8. The van der Waals surface area contributed by atoms with Gasteiger partial charge in [0.2, 0.25) is 0 Å². The summed E-state index contributed by atoms with van der Waals surface area (Å²) in [5.41, 5.74) is 0.909. The van der Waals surface area contributed by atoms with Gasteiger partial charge in [0.1, 0.15) is 0 Å². The van der Waals surface area contributed by atoms with Gasteiger partial charge in [0.05, 0.1) is 28.0 Å². The number of ether oxygens (including phenoxy) is 1. The quantitative estimate of drug-likeness (QED) is 0.793. The molecule has 0 aliphatic carbocycles. The van der Waals surface area contributed by atoms with E-state index in [0.717, 1.165) is 29.6 Å². The second-order valence-corrected chi connectivity index (χ2v) is 5.84. The van der Waals surface area contributed by atoms with Crippen LogP contribution < -0.4 is 5.32 Å². The molecule has 0 aliphatic heterocycles. The van der Waals surface area contributed by atoms with Crippen LogP contribution in [0.4, 0.5) is 0 Å². The largest absolute Gasteiger partial charge is 0.374 e. The molecular weight excluding hydrogens is 306 g/mol. The summed E-state index contributed by atoms with van der Waals surface area (Å²) in [6.45, 7) is 10.2. The van der Waals surface area contributed by atoms with Crippen molar-refractivity contribution in [1.29, 1.82) is 0 Å². The molecule has 0 saturated carbocycles. The van der Waals surface area contributed by atoms with E-state index in [4.69, 9.17) is 4.74 Å². The molecule has 0 aromatic carbocycles. The van der Waals surface area contributed by atoms with Crippen molar-refractivity contribution in [3.05, 3.63) is 16.4 Å². The van der Waals surface area contributed by atoms with Crippen LogP contribution in [0.1, 0.15) is 52.3 Å². The van der Waals surface area contributed by atoms with E-state index >= 15 is 0 Å². The lowest BCUT2D eigenvalue weighted by atomic mass is 9.90. The number of hydrogen-bond acceptors (Lipinski definition) is 3. The molecule has 1 N–H and O–H groups in total. The first-order valence-electron chi connectivity index (χ1n) is 7.04. The zero-order valence-corrected chi connectivity index (χ0v) is 14.2. The van der Waals surface area contributed by atoms with Crippen molar-refractivity contribution < 1.29 is 4.74 Å². The minimum atomic E-state index is -0.236. The van der Waals surface area contributed by atoms with E-state index in [0.29, 0.717) is 6.61 Å². The molecule has 1 aromatic rings. The number of aromatic nitrogens is 2. The van der Waals surface area contributed by atoms with Gasteiger partial charge >= 0.3 is 0 Å². The van der Waals surface area contributed by atoms with Crippen molar-refractivity contribution in [3.8, 4) is 0 Å². The predicted octanol–water partition coefficient (Wildman–Crippen LogP) is 3.43. The molecule has 0 saturated heterocycles. The molecule has 2 atom stereocenters. The molecule has 2 unspecified atom stereocenters. The summed E-state index contributed by atoms with van der Waals surface area (Å²) in [5, 5.41) is 7.94. The van der Waals surface area contributed by atoms with E-state index in [-0.39, 0.29) is 11.6 Å². The Hall–Kier alpha value is -0.390. The van der Waals surface area contributed by atoms with Crippen molar-refractivity contribution in [2.24, 2.45) is 7.05 Å². The summed E-state index contributed by atoms with van der Waals surface area (Å²) in [7, 11) is 1.97. The van der Waals surface area contributed by atoms with Gasteiger partial charge in [-0.15, -0.1) is 0 Å². The molecule has 4 nitrogen and oxygen atoms in total. The number of nitrogens with one attached hydrogen (secondary N) is 1. The molecule has 0 fully saturated rings. The Morgan fingerprint density at radius 3 is 2.58 bits per heavy atom. The van der Waals surface area contributed by atoms with Gasteiger partial charge in [0, 0.05) is 13.7 Å². The minimum Gasteiger partial charge on any atom is -0.374 e. The summed E-state index contributed by atoms with van der Waals surface area (Å²) < 4.78 is 9.00. The Morgan fingerprint density at radius 2 is 2.16 bits per heavy atom. The highest BCUT2D eigenvalue weighted by atomic mass is 79.9. The normalized spacial score (nSPS) is 16.3. The predicted molar refractivity (Wildman–Crippen MR) is 82.3 cm³/mol. The maximum atomic E-state index is 6.05. The van der Waals surface area contributed by atoms with Crippen LogP contribution >= 0.6 is 15.9 Å². The third kappa shape index (κ3) is 3.80. The molecule has 1 aromatic heterocycles. The third-order valence-electron chi connectivity index (χ3n) is 3.60. The van der Waals surface area contributed by atoms with Crippen molar-refractivity contribution in [2.45, 2.75) is 52.2 Å². The molecule has 1 heterocycles. The van der Waals surface area contributed by atoms with E-state index < -0.39 is 0 Å². The maximum absolute atomic E-state index is 6.05.